The Kier molecular flexibility index (Phi) is 3.91. The molecule has 1 amide bonds. The Morgan fingerprint density at radius 2 is 1.62 bits per heavy atom. The van der Waals surface area contributed by atoms with Crippen molar-refractivity contribution < 1.29 is 9.53 Å². The molecule has 21 heavy (non-hydrogen) atoms. The molecule has 0 saturated heterocycles. The molecule has 1 radical (unpaired) electrons. The third-order valence-corrected chi connectivity index (χ3v) is 3.79. The van der Waals surface area contributed by atoms with E-state index in [1.54, 1.807) is 0 Å². The fourth-order valence-corrected chi connectivity index (χ4v) is 2.84. The zero-order valence-electron chi connectivity index (χ0n) is 11.8. The SMILES string of the molecule is [CH2]CCNC(=O)OCC1c2ccccc2-c2ccccc21. The number of hydrogen-bond donors (Lipinski definition) is 1. The molecule has 0 spiro atoms. The summed E-state index contributed by atoms with van der Waals surface area (Å²) in [6.07, 6.45) is 0.282. The lowest BCUT2D eigenvalue weighted by Crippen LogP contribution is -2.26. The summed E-state index contributed by atoms with van der Waals surface area (Å²) in [7, 11) is 0. The van der Waals surface area contributed by atoms with E-state index in [1.165, 1.54) is 22.3 Å². The zero-order valence-corrected chi connectivity index (χ0v) is 11.8. The van der Waals surface area contributed by atoms with E-state index in [4.69, 9.17) is 4.74 Å². The van der Waals surface area contributed by atoms with Gasteiger partial charge < -0.3 is 10.1 Å². The van der Waals surface area contributed by atoms with Crippen LogP contribution < -0.4 is 5.32 Å². The molecule has 3 heteroatoms. The number of ether oxygens (including phenoxy) is 1. The van der Waals surface area contributed by atoms with Gasteiger partial charge in [-0.2, -0.15) is 0 Å². The molecule has 0 bridgehead atoms. The van der Waals surface area contributed by atoms with Crippen molar-refractivity contribution in [2.24, 2.45) is 0 Å². The summed E-state index contributed by atoms with van der Waals surface area (Å²) in [6.45, 7) is 4.58. The number of nitrogens with one attached hydrogen (secondary N) is 1. The maximum absolute atomic E-state index is 11.6. The van der Waals surface area contributed by atoms with Crippen molar-refractivity contribution >= 4 is 6.09 Å². The van der Waals surface area contributed by atoms with Crippen LogP contribution in [0.2, 0.25) is 0 Å². The molecule has 0 unspecified atom stereocenters. The van der Waals surface area contributed by atoms with Crippen molar-refractivity contribution in [1.82, 2.24) is 5.32 Å². The first-order valence-electron chi connectivity index (χ1n) is 7.19. The highest BCUT2D eigenvalue weighted by Gasteiger charge is 2.28. The highest BCUT2D eigenvalue weighted by Crippen LogP contribution is 2.44. The number of carbonyl (C=O) groups excluding carboxylic acids is 1. The van der Waals surface area contributed by atoms with E-state index in [1.807, 2.05) is 24.3 Å². The van der Waals surface area contributed by atoms with Crippen molar-refractivity contribution in [2.45, 2.75) is 12.3 Å². The summed E-state index contributed by atoms with van der Waals surface area (Å²) in [5.41, 5.74) is 4.92. The van der Waals surface area contributed by atoms with Gasteiger partial charge in [-0.1, -0.05) is 55.5 Å². The Hall–Kier alpha value is -2.29. The highest BCUT2D eigenvalue weighted by atomic mass is 16.5. The van der Waals surface area contributed by atoms with Crippen LogP contribution in [0.25, 0.3) is 11.1 Å². The third kappa shape index (κ3) is 2.64. The number of amides is 1. The number of benzene rings is 2. The number of carbonyl (C=O) groups is 1. The molecule has 0 atom stereocenters. The van der Waals surface area contributed by atoms with Gasteiger partial charge in [0.15, 0.2) is 0 Å². The number of alkyl carbamates (subject to hydrolysis) is 1. The van der Waals surface area contributed by atoms with Crippen molar-refractivity contribution in [3.05, 3.63) is 66.6 Å². The Morgan fingerprint density at radius 3 is 2.19 bits per heavy atom. The van der Waals surface area contributed by atoms with E-state index in [0.29, 0.717) is 19.6 Å². The van der Waals surface area contributed by atoms with Gasteiger partial charge in [-0.3, -0.25) is 0 Å². The van der Waals surface area contributed by atoms with Gasteiger partial charge in [-0.25, -0.2) is 4.79 Å². The second-order valence-electron chi connectivity index (χ2n) is 5.11. The topological polar surface area (TPSA) is 38.3 Å². The predicted molar refractivity (Wildman–Crippen MR) is 83.0 cm³/mol. The van der Waals surface area contributed by atoms with Crippen LogP contribution in [0.15, 0.2) is 48.5 Å². The van der Waals surface area contributed by atoms with Gasteiger partial charge >= 0.3 is 6.09 Å². The molecule has 0 aromatic heterocycles. The molecule has 3 rings (SSSR count). The van der Waals surface area contributed by atoms with Gasteiger partial charge in [-0.15, -0.1) is 0 Å². The van der Waals surface area contributed by atoms with Crippen LogP contribution >= 0.6 is 0 Å². The lowest BCUT2D eigenvalue weighted by Gasteiger charge is -2.14. The van der Waals surface area contributed by atoms with Crippen LogP contribution in [0.5, 0.6) is 0 Å². The average molecular weight is 280 g/mol. The monoisotopic (exact) mass is 280 g/mol. The van der Waals surface area contributed by atoms with Gasteiger partial charge in [0.05, 0.1) is 0 Å². The van der Waals surface area contributed by atoms with Crippen LogP contribution in [0.1, 0.15) is 23.5 Å². The van der Waals surface area contributed by atoms with Gasteiger partial charge in [0.2, 0.25) is 0 Å². The summed E-state index contributed by atoms with van der Waals surface area (Å²) in [4.78, 5) is 11.6. The molecular weight excluding hydrogens is 262 g/mol. The molecule has 1 N–H and O–H groups in total. The molecule has 0 aliphatic heterocycles. The van der Waals surface area contributed by atoms with Crippen LogP contribution in [-0.4, -0.2) is 19.2 Å². The van der Waals surface area contributed by atoms with E-state index < -0.39 is 0 Å². The minimum atomic E-state index is -0.375. The first kappa shape index (κ1) is 13.7. The highest BCUT2D eigenvalue weighted by molar-refractivity contribution is 5.79. The Balaban J connectivity index is 1.81. The van der Waals surface area contributed by atoms with E-state index in [0.717, 1.165) is 0 Å². The predicted octanol–water partition coefficient (Wildman–Crippen LogP) is 3.75. The smallest absolute Gasteiger partial charge is 0.407 e. The number of rotatable bonds is 4. The largest absolute Gasteiger partial charge is 0.449 e. The van der Waals surface area contributed by atoms with E-state index in [9.17, 15) is 4.79 Å². The van der Waals surface area contributed by atoms with E-state index >= 15 is 0 Å². The quantitative estimate of drug-likeness (QED) is 0.926. The number of fused-ring (bicyclic) bond motifs is 3. The average Bonchev–Trinajstić information content (AvgIpc) is 2.85. The minimum Gasteiger partial charge on any atom is -0.449 e. The van der Waals surface area contributed by atoms with Gasteiger partial charge in [0.25, 0.3) is 0 Å². The first-order chi connectivity index (χ1) is 10.3. The Morgan fingerprint density at radius 1 is 1.05 bits per heavy atom. The van der Waals surface area contributed by atoms with Gasteiger partial charge in [0, 0.05) is 12.5 Å². The van der Waals surface area contributed by atoms with E-state index in [-0.39, 0.29) is 12.0 Å². The van der Waals surface area contributed by atoms with Crippen LogP contribution in [-0.2, 0) is 4.74 Å². The normalized spacial score (nSPS) is 12.6. The molecule has 0 saturated carbocycles. The molecule has 1 aliphatic carbocycles. The van der Waals surface area contributed by atoms with Crippen molar-refractivity contribution in [1.29, 1.82) is 0 Å². The lowest BCUT2D eigenvalue weighted by atomic mass is 9.98. The third-order valence-electron chi connectivity index (χ3n) is 3.79. The van der Waals surface area contributed by atoms with Gasteiger partial charge in [0.1, 0.15) is 6.61 Å². The first-order valence-corrected chi connectivity index (χ1v) is 7.19. The second kappa shape index (κ2) is 6.00. The molecule has 3 nitrogen and oxygen atoms in total. The minimum absolute atomic E-state index is 0.114. The second-order valence-corrected chi connectivity index (χ2v) is 5.11. The number of hydrogen-bond acceptors (Lipinski definition) is 2. The van der Waals surface area contributed by atoms with Crippen molar-refractivity contribution in [3.63, 3.8) is 0 Å². The van der Waals surface area contributed by atoms with E-state index in [2.05, 4.69) is 36.5 Å². The lowest BCUT2D eigenvalue weighted by molar-refractivity contribution is 0.143. The van der Waals surface area contributed by atoms with Gasteiger partial charge in [-0.05, 0) is 28.7 Å². The fraction of sp³-hybridized carbons (Fsp3) is 0.222. The fourth-order valence-electron chi connectivity index (χ4n) is 2.84. The zero-order chi connectivity index (χ0) is 14.7. The molecule has 0 heterocycles. The Bertz CT molecular complexity index is 606. The van der Waals surface area contributed by atoms with Crippen LogP contribution in [0.3, 0.4) is 0 Å². The molecule has 2 aromatic carbocycles. The maximum Gasteiger partial charge on any atom is 0.407 e. The Labute approximate surface area is 124 Å². The summed E-state index contributed by atoms with van der Waals surface area (Å²) >= 11 is 0. The van der Waals surface area contributed by atoms with Crippen molar-refractivity contribution in [3.8, 4) is 11.1 Å². The summed E-state index contributed by atoms with van der Waals surface area (Å²) < 4.78 is 5.36. The molecule has 107 valence electrons. The molecule has 1 aliphatic rings. The maximum atomic E-state index is 11.6. The summed E-state index contributed by atoms with van der Waals surface area (Å²) in [5, 5.41) is 2.68. The molecule has 0 fully saturated rings. The standard InChI is InChI=1S/C18H18NO2/c1-2-11-19-18(20)21-12-17-15-9-5-3-7-13(15)14-8-4-6-10-16(14)17/h3-10,17H,1-2,11-12H2,(H,19,20). The van der Waals surface area contributed by atoms with Crippen molar-refractivity contribution in [2.75, 3.05) is 13.2 Å². The summed E-state index contributed by atoms with van der Waals surface area (Å²) in [6, 6.07) is 16.6. The molecular formula is C18H18NO2. The molecule has 2 aromatic rings. The van der Waals surface area contributed by atoms with Crippen LogP contribution in [0.4, 0.5) is 4.79 Å². The van der Waals surface area contributed by atoms with Crippen LogP contribution in [0, 0.1) is 6.92 Å². The summed E-state index contributed by atoms with van der Waals surface area (Å²) in [5.74, 6) is 0.114.